The summed E-state index contributed by atoms with van der Waals surface area (Å²) < 4.78 is 5.77. The third kappa shape index (κ3) is 4.87. The SMILES string of the molecule is O=C(CSC1=NNC2N(CC3CCCO3)C(=O)c3sccc3N12)NCCCc1ccccc1. The normalized spacial score (nSPS) is 21.5. The maximum absolute atomic E-state index is 13.1. The van der Waals surface area contributed by atoms with Crippen LogP contribution in [0.5, 0.6) is 0 Å². The number of amidine groups is 1. The fourth-order valence-corrected chi connectivity index (χ4v) is 5.96. The summed E-state index contributed by atoms with van der Waals surface area (Å²) in [4.78, 5) is 30.1. The van der Waals surface area contributed by atoms with E-state index in [0.29, 0.717) is 23.1 Å². The first-order valence-electron chi connectivity index (χ1n) is 11.3. The third-order valence-corrected chi connectivity index (χ3v) is 7.79. The number of nitrogens with one attached hydrogen (secondary N) is 2. The number of anilines is 1. The number of carbonyl (C=O) groups excluding carboxylic acids is 2. The number of carbonyl (C=O) groups is 2. The number of nitrogens with zero attached hydrogens (tertiary/aromatic N) is 3. The molecule has 2 N–H and O–H groups in total. The lowest BCUT2D eigenvalue weighted by Gasteiger charge is -2.40. The van der Waals surface area contributed by atoms with Gasteiger partial charge in [-0.05, 0) is 42.7 Å². The second-order valence-corrected chi connectivity index (χ2v) is 10.1. The van der Waals surface area contributed by atoms with Crippen molar-refractivity contribution in [2.45, 2.75) is 38.1 Å². The van der Waals surface area contributed by atoms with Crippen LogP contribution in [0.15, 0.2) is 46.9 Å². The maximum atomic E-state index is 13.1. The minimum Gasteiger partial charge on any atom is -0.376 e. The number of benzene rings is 1. The number of aryl methyl sites for hydroxylation is 1. The van der Waals surface area contributed by atoms with E-state index < -0.39 is 0 Å². The molecule has 2 amide bonds. The fraction of sp³-hybridized carbons (Fsp3) is 0.435. The number of hydrogen-bond donors (Lipinski definition) is 2. The third-order valence-electron chi connectivity index (χ3n) is 5.94. The van der Waals surface area contributed by atoms with Crippen LogP contribution in [0.25, 0.3) is 0 Å². The molecule has 3 aliphatic rings. The first-order valence-corrected chi connectivity index (χ1v) is 13.1. The summed E-state index contributed by atoms with van der Waals surface area (Å²) in [6.07, 6.45) is 3.49. The molecule has 1 aromatic carbocycles. The van der Waals surface area contributed by atoms with Crippen molar-refractivity contribution in [3.05, 3.63) is 52.2 Å². The number of ether oxygens (including phenoxy) is 1. The van der Waals surface area contributed by atoms with Crippen LogP contribution in [0.4, 0.5) is 5.69 Å². The Balaban J connectivity index is 1.16. The minimum absolute atomic E-state index is 0.00172. The van der Waals surface area contributed by atoms with E-state index in [1.807, 2.05) is 34.5 Å². The van der Waals surface area contributed by atoms with Gasteiger partial charge < -0.3 is 10.1 Å². The number of amides is 2. The van der Waals surface area contributed by atoms with Gasteiger partial charge in [-0.25, -0.2) is 0 Å². The Labute approximate surface area is 201 Å². The second kappa shape index (κ2) is 10.1. The van der Waals surface area contributed by atoms with E-state index in [9.17, 15) is 9.59 Å². The van der Waals surface area contributed by atoms with Gasteiger partial charge in [0.25, 0.3) is 5.91 Å². The van der Waals surface area contributed by atoms with Gasteiger partial charge in [0.05, 0.1) is 24.1 Å². The lowest BCUT2D eigenvalue weighted by molar-refractivity contribution is -0.118. The van der Waals surface area contributed by atoms with E-state index in [1.165, 1.54) is 28.7 Å². The van der Waals surface area contributed by atoms with E-state index in [0.717, 1.165) is 38.0 Å². The van der Waals surface area contributed by atoms with Crippen LogP contribution < -0.4 is 15.6 Å². The predicted octanol–water partition coefficient (Wildman–Crippen LogP) is 2.83. The first kappa shape index (κ1) is 22.2. The van der Waals surface area contributed by atoms with Crippen LogP contribution in [-0.2, 0) is 16.0 Å². The largest absolute Gasteiger partial charge is 0.376 e. The quantitative estimate of drug-likeness (QED) is 0.560. The van der Waals surface area contributed by atoms with Gasteiger partial charge in [-0.2, -0.15) is 5.10 Å². The zero-order valence-corrected chi connectivity index (χ0v) is 19.9. The molecule has 0 aliphatic carbocycles. The van der Waals surface area contributed by atoms with Gasteiger partial charge >= 0.3 is 0 Å². The van der Waals surface area contributed by atoms with Gasteiger partial charge in [-0.3, -0.25) is 24.8 Å². The molecular weight excluding hydrogens is 458 g/mol. The number of thioether (sulfide) groups is 1. The molecule has 5 rings (SSSR count). The van der Waals surface area contributed by atoms with Crippen LogP contribution in [-0.4, -0.2) is 59.7 Å². The monoisotopic (exact) mass is 485 g/mol. The molecular formula is C23H27N5O3S2. The van der Waals surface area contributed by atoms with Crippen molar-refractivity contribution in [3.63, 3.8) is 0 Å². The summed E-state index contributed by atoms with van der Waals surface area (Å²) in [5.41, 5.74) is 5.22. The maximum Gasteiger partial charge on any atom is 0.269 e. The molecule has 2 unspecified atom stereocenters. The van der Waals surface area contributed by atoms with Crippen molar-refractivity contribution in [1.29, 1.82) is 0 Å². The van der Waals surface area contributed by atoms with Crippen LogP contribution in [0.2, 0.25) is 0 Å². The number of thiophene rings is 1. The second-order valence-electron chi connectivity index (χ2n) is 8.22. The van der Waals surface area contributed by atoms with E-state index in [-0.39, 0.29) is 30.0 Å². The summed E-state index contributed by atoms with van der Waals surface area (Å²) in [5.74, 6) is 0.254. The molecule has 3 aliphatic heterocycles. The van der Waals surface area contributed by atoms with Crippen molar-refractivity contribution in [1.82, 2.24) is 15.6 Å². The number of fused-ring (bicyclic) bond motifs is 3. The van der Waals surface area contributed by atoms with Crippen molar-refractivity contribution in [2.75, 3.05) is 30.3 Å². The molecule has 33 heavy (non-hydrogen) atoms. The Bertz CT molecular complexity index is 1020. The average Bonchev–Trinajstić information content (AvgIpc) is 3.59. The zero-order valence-electron chi connectivity index (χ0n) is 18.2. The van der Waals surface area contributed by atoms with Gasteiger partial charge in [0.2, 0.25) is 12.2 Å². The van der Waals surface area contributed by atoms with Gasteiger partial charge in [0.1, 0.15) is 4.88 Å². The Morgan fingerprint density at radius 3 is 3.00 bits per heavy atom. The predicted molar refractivity (Wildman–Crippen MR) is 131 cm³/mol. The van der Waals surface area contributed by atoms with Gasteiger partial charge in [-0.1, -0.05) is 42.1 Å². The molecule has 1 fully saturated rings. The summed E-state index contributed by atoms with van der Waals surface area (Å²) in [7, 11) is 0. The number of hydrogen-bond acceptors (Lipinski definition) is 8. The standard InChI is InChI=1S/C23H27N5O3S2/c29-19(24-11-4-8-16-6-2-1-3-7-16)15-33-23-26-25-22-27(14-17-9-5-12-31-17)21(30)20-18(28(22)23)10-13-32-20/h1-3,6-7,10,13,17,22,25H,4-5,8-9,11-12,14-15H2,(H,24,29). The van der Waals surface area contributed by atoms with E-state index in [4.69, 9.17) is 4.74 Å². The first-order chi connectivity index (χ1) is 16.2. The summed E-state index contributed by atoms with van der Waals surface area (Å²) in [6.45, 7) is 1.92. The highest BCUT2D eigenvalue weighted by Crippen LogP contribution is 2.38. The van der Waals surface area contributed by atoms with Gasteiger partial charge in [-0.15, -0.1) is 11.3 Å². The Kier molecular flexibility index (Phi) is 6.84. The number of hydrazone groups is 1. The lowest BCUT2D eigenvalue weighted by atomic mass is 10.1. The molecule has 1 aromatic heterocycles. The Hall–Kier alpha value is -2.56. The van der Waals surface area contributed by atoms with Crippen LogP contribution in [0, 0.1) is 0 Å². The average molecular weight is 486 g/mol. The van der Waals surface area contributed by atoms with Gasteiger partial charge in [0, 0.05) is 13.2 Å². The molecule has 2 atom stereocenters. The Morgan fingerprint density at radius 2 is 2.18 bits per heavy atom. The molecule has 2 aromatic rings. The highest BCUT2D eigenvalue weighted by Gasteiger charge is 2.44. The van der Waals surface area contributed by atoms with Crippen molar-refractivity contribution in [2.24, 2.45) is 5.10 Å². The lowest BCUT2D eigenvalue weighted by Crippen LogP contribution is -2.59. The summed E-state index contributed by atoms with van der Waals surface area (Å²) >= 11 is 2.82. The highest BCUT2D eigenvalue weighted by atomic mass is 32.2. The zero-order chi connectivity index (χ0) is 22.6. The molecule has 1 saturated heterocycles. The van der Waals surface area contributed by atoms with Crippen LogP contribution in [0.1, 0.15) is 34.5 Å². The fourth-order valence-electron chi connectivity index (χ4n) is 4.31. The van der Waals surface area contributed by atoms with Crippen molar-refractivity contribution < 1.29 is 14.3 Å². The highest BCUT2D eigenvalue weighted by molar-refractivity contribution is 8.14. The smallest absolute Gasteiger partial charge is 0.269 e. The molecule has 0 saturated carbocycles. The van der Waals surface area contributed by atoms with Crippen molar-refractivity contribution >= 4 is 45.8 Å². The van der Waals surface area contributed by atoms with E-state index >= 15 is 0 Å². The van der Waals surface area contributed by atoms with Crippen molar-refractivity contribution in [3.8, 4) is 0 Å². The van der Waals surface area contributed by atoms with E-state index in [1.54, 1.807) is 4.90 Å². The topological polar surface area (TPSA) is 86.3 Å². The molecule has 174 valence electrons. The molecule has 10 heteroatoms. The van der Waals surface area contributed by atoms with E-state index in [2.05, 4.69) is 28.0 Å². The molecule has 0 spiro atoms. The summed E-state index contributed by atoms with van der Waals surface area (Å²) in [5, 5.41) is 10.1. The molecule has 8 nitrogen and oxygen atoms in total. The molecule has 4 heterocycles. The Morgan fingerprint density at radius 1 is 1.30 bits per heavy atom. The summed E-state index contributed by atoms with van der Waals surface area (Å²) in [6, 6.07) is 12.2. The van der Waals surface area contributed by atoms with Crippen LogP contribution in [0.3, 0.4) is 0 Å². The van der Waals surface area contributed by atoms with Gasteiger partial charge in [0.15, 0.2) is 5.17 Å². The molecule has 0 radical (unpaired) electrons. The minimum atomic E-state index is -0.389. The van der Waals surface area contributed by atoms with Crippen LogP contribution >= 0.6 is 23.1 Å². The number of rotatable bonds is 8. The molecule has 0 bridgehead atoms.